The first-order chi connectivity index (χ1) is 21.8. The summed E-state index contributed by atoms with van der Waals surface area (Å²) >= 11 is 0. The van der Waals surface area contributed by atoms with Gasteiger partial charge in [-0.1, -0.05) is 121 Å². The Morgan fingerprint density at radius 3 is 0.932 bits per heavy atom. The predicted octanol–water partition coefficient (Wildman–Crippen LogP) is 11.9. The lowest BCUT2D eigenvalue weighted by molar-refractivity contribution is 0.487. The minimum atomic E-state index is 0.873. The summed E-state index contributed by atoms with van der Waals surface area (Å²) in [6, 6.07) is 55.5. The molecule has 0 aromatic heterocycles. The van der Waals surface area contributed by atoms with E-state index in [9.17, 15) is 0 Å². The molecule has 0 unspecified atom stereocenters. The Labute approximate surface area is 256 Å². The van der Waals surface area contributed by atoms with Gasteiger partial charge in [-0.25, -0.2) is 0 Å². The van der Waals surface area contributed by atoms with Crippen LogP contribution in [-0.2, 0) is 0 Å². The molecule has 0 radical (unpaired) electrons. The van der Waals surface area contributed by atoms with E-state index in [1.807, 2.05) is 24.3 Å². The lowest BCUT2D eigenvalue weighted by atomic mass is 9.91. The summed E-state index contributed by atoms with van der Waals surface area (Å²) in [4.78, 5) is 0. The molecule has 0 N–H and O–H groups in total. The van der Waals surface area contributed by atoms with Crippen LogP contribution in [0.2, 0.25) is 0 Å². The monoisotopic (exact) mass is 562 g/mol. The van der Waals surface area contributed by atoms with Gasteiger partial charge in [-0.2, -0.15) is 0 Å². The van der Waals surface area contributed by atoms with E-state index < -0.39 is 0 Å². The van der Waals surface area contributed by atoms with Crippen LogP contribution in [0.25, 0.3) is 66.8 Å². The molecule has 0 atom stereocenters. The number of rotatable bonds is 2. The Morgan fingerprint density at radius 2 is 0.523 bits per heavy atom. The third-order valence-electron chi connectivity index (χ3n) is 8.74. The van der Waals surface area contributed by atoms with Gasteiger partial charge in [0.05, 0.1) is 0 Å². The van der Waals surface area contributed by atoms with Crippen LogP contribution in [0.15, 0.2) is 158 Å². The summed E-state index contributed by atoms with van der Waals surface area (Å²) in [5.74, 6) is 3.51. The highest BCUT2D eigenvalue weighted by Gasteiger charge is 2.22. The Kier molecular flexibility index (Phi) is 5.54. The quantitative estimate of drug-likeness (QED) is 0.209. The first-order valence-corrected chi connectivity index (χ1v) is 14.9. The molecule has 2 heterocycles. The van der Waals surface area contributed by atoms with Crippen LogP contribution in [-0.4, -0.2) is 0 Å². The zero-order valence-corrected chi connectivity index (χ0v) is 23.8. The predicted molar refractivity (Wildman–Crippen MR) is 179 cm³/mol. The van der Waals surface area contributed by atoms with E-state index in [1.54, 1.807) is 0 Å². The van der Waals surface area contributed by atoms with Gasteiger partial charge in [-0.15, -0.1) is 0 Å². The van der Waals surface area contributed by atoms with Crippen molar-refractivity contribution < 1.29 is 9.47 Å². The maximum atomic E-state index is 6.44. The number of fused-ring (bicyclic) bond motifs is 10. The maximum Gasteiger partial charge on any atom is 0.135 e. The van der Waals surface area contributed by atoms with Gasteiger partial charge in [-0.05, 0) is 80.9 Å². The van der Waals surface area contributed by atoms with Crippen LogP contribution >= 0.6 is 0 Å². The fraction of sp³-hybridized carbons (Fsp3) is 0. The first kappa shape index (κ1) is 24.7. The molecular formula is C42H26O2. The third-order valence-corrected chi connectivity index (χ3v) is 8.74. The molecule has 9 rings (SSSR count). The Bertz CT molecular complexity index is 2070. The topological polar surface area (TPSA) is 18.5 Å². The van der Waals surface area contributed by atoms with Crippen LogP contribution in [0.1, 0.15) is 0 Å². The summed E-state index contributed by atoms with van der Waals surface area (Å²) in [6.07, 6.45) is 0. The Morgan fingerprint density at radius 1 is 0.227 bits per heavy atom. The van der Waals surface area contributed by atoms with Crippen LogP contribution in [0.4, 0.5) is 0 Å². The number of hydrogen-bond donors (Lipinski definition) is 0. The van der Waals surface area contributed by atoms with Gasteiger partial charge < -0.3 is 9.47 Å². The second-order valence-electron chi connectivity index (χ2n) is 11.3. The minimum absolute atomic E-state index is 0.873. The largest absolute Gasteiger partial charge is 0.456 e. The van der Waals surface area contributed by atoms with Crippen LogP contribution < -0.4 is 9.47 Å². The molecule has 7 aromatic carbocycles. The van der Waals surface area contributed by atoms with Gasteiger partial charge in [0.2, 0.25) is 0 Å². The number of para-hydroxylation sites is 2. The van der Waals surface area contributed by atoms with Crippen LogP contribution in [0.3, 0.4) is 0 Å². The summed E-state index contributed by atoms with van der Waals surface area (Å²) in [6.45, 7) is 0. The molecule has 2 nitrogen and oxygen atoms in total. The molecule has 206 valence electrons. The smallest absolute Gasteiger partial charge is 0.135 e. The molecule has 0 fully saturated rings. The molecule has 2 heteroatoms. The summed E-state index contributed by atoms with van der Waals surface area (Å²) in [7, 11) is 0. The van der Waals surface area contributed by atoms with E-state index in [-0.39, 0.29) is 0 Å². The van der Waals surface area contributed by atoms with E-state index in [4.69, 9.17) is 9.47 Å². The van der Waals surface area contributed by atoms with E-state index in [0.29, 0.717) is 0 Å². The van der Waals surface area contributed by atoms with Crippen molar-refractivity contribution in [2.45, 2.75) is 0 Å². The Hall–Kier alpha value is -5.86. The summed E-state index contributed by atoms with van der Waals surface area (Å²) in [5.41, 5.74) is 13.8. The molecule has 2 aliphatic heterocycles. The van der Waals surface area contributed by atoms with E-state index in [0.717, 1.165) is 67.5 Å². The van der Waals surface area contributed by atoms with E-state index in [1.165, 1.54) is 22.3 Å². The molecular weight excluding hydrogens is 536 g/mol. The molecule has 7 aromatic rings. The first-order valence-electron chi connectivity index (χ1n) is 14.9. The average Bonchev–Trinajstić information content (AvgIpc) is 3.32. The van der Waals surface area contributed by atoms with Gasteiger partial charge in [-0.3, -0.25) is 0 Å². The fourth-order valence-corrected chi connectivity index (χ4v) is 6.57. The van der Waals surface area contributed by atoms with Crippen molar-refractivity contribution >= 4 is 0 Å². The van der Waals surface area contributed by atoms with Crippen molar-refractivity contribution in [1.29, 1.82) is 0 Å². The SMILES string of the molecule is c1ccc2c(c1)Oc1ccc(-c3ccc(-c4ccc5c(c4)-c4ccccc4-c4ccccc4O5)cc3)cc1-c1ccccc1-2. The summed E-state index contributed by atoms with van der Waals surface area (Å²) in [5, 5.41) is 0. The molecule has 0 amide bonds. The van der Waals surface area contributed by atoms with Gasteiger partial charge >= 0.3 is 0 Å². The highest BCUT2D eigenvalue weighted by Crippen LogP contribution is 2.49. The van der Waals surface area contributed by atoms with Crippen molar-refractivity contribution in [2.75, 3.05) is 0 Å². The zero-order chi connectivity index (χ0) is 29.0. The van der Waals surface area contributed by atoms with Gasteiger partial charge in [0.1, 0.15) is 23.0 Å². The highest BCUT2D eigenvalue weighted by atomic mass is 16.5. The molecule has 2 aliphatic rings. The molecule has 44 heavy (non-hydrogen) atoms. The molecule has 0 saturated carbocycles. The van der Waals surface area contributed by atoms with Crippen molar-refractivity contribution in [3.63, 3.8) is 0 Å². The van der Waals surface area contributed by atoms with Crippen LogP contribution in [0.5, 0.6) is 23.0 Å². The minimum Gasteiger partial charge on any atom is -0.456 e. The third kappa shape index (κ3) is 3.96. The van der Waals surface area contributed by atoms with Gasteiger partial charge in [0, 0.05) is 22.3 Å². The van der Waals surface area contributed by atoms with E-state index >= 15 is 0 Å². The van der Waals surface area contributed by atoms with Crippen molar-refractivity contribution in [2.24, 2.45) is 0 Å². The van der Waals surface area contributed by atoms with E-state index in [2.05, 4.69) is 133 Å². The second kappa shape index (κ2) is 9.86. The number of ether oxygens (including phenoxy) is 2. The van der Waals surface area contributed by atoms with Crippen molar-refractivity contribution in [3.8, 4) is 89.8 Å². The standard InChI is InChI=1S/C42H26O2/c1-3-11-33-31(9-1)35-13-5-7-15-39(35)43-41-23-21-29(25-37(33)41)27-17-19-28(20-18-27)30-22-24-42-38(26-30)34-12-4-2-10-32(34)36-14-6-8-16-40(36)44-42/h1-26H. The fourth-order valence-electron chi connectivity index (χ4n) is 6.57. The van der Waals surface area contributed by atoms with Gasteiger partial charge in [0.25, 0.3) is 0 Å². The number of benzene rings is 7. The lowest BCUT2D eigenvalue weighted by Crippen LogP contribution is -1.89. The molecule has 0 aliphatic carbocycles. The van der Waals surface area contributed by atoms with Gasteiger partial charge in [0.15, 0.2) is 0 Å². The maximum absolute atomic E-state index is 6.44. The second-order valence-corrected chi connectivity index (χ2v) is 11.3. The molecule has 0 bridgehead atoms. The Balaban J connectivity index is 1.09. The normalized spacial score (nSPS) is 12.0. The molecule has 0 spiro atoms. The van der Waals surface area contributed by atoms with Crippen LogP contribution in [0, 0.1) is 0 Å². The lowest BCUT2D eigenvalue weighted by Gasteiger charge is -2.13. The van der Waals surface area contributed by atoms with Crippen molar-refractivity contribution in [1.82, 2.24) is 0 Å². The highest BCUT2D eigenvalue weighted by molar-refractivity contribution is 5.93. The zero-order valence-electron chi connectivity index (χ0n) is 23.8. The average molecular weight is 563 g/mol. The summed E-state index contributed by atoms with van der Waals surface area (Å²) < 4.78 is 12.9. The van der Waals surface area contributed by atoms with Crippen molar-refractivity contribution in [3.05, 3.63) is 158 Å². The number of hydrogen-bond acceptors (Lipinski definition) is 2. The molecule has 0 saturated heterocycles.